The maximum absolute atomic E-state index is 10.9. The van der Waals surface area contributed by atoms with Crippen LogP contribution in [0.25, 0.3) is 11.3 Å². The van der Waals surface area contributed by atoms with Crippen LogP contribution in [-0.2, 0) is 20.0 Å². The van der Waals surface area contributed by atoms with E-state index in [1.54, 1.807) is 11.8 Å². The molecule has 6 nitrogen and oxygen atoms in total. The summed E-state index contributed by atoms with van der Waals surface area (Å²) in [5, 5.41) is 15.8. The Kier molecular flexibility index (Phi) is 8.76. The van der Waals surface area contributed by atoms with Crippen LogP contribution in [0.2, 0.25) is 0 Å². The van der Waals surface area contributed by atoms with E-state index in [0.29, 0.717) is 31.1 Å². The lowest BCUT2D eigenvalue weighted by Crippen LogP contribution is -2.34. The Balaban J connectivity index is 1.64. The first kappa shape index (κ1) is 25.5. The van der Waals surface area contributed by atoms with Gasteiger partial charge in [0.2, 0.25) is 5.88 Å². The molecule has 3 aromatic carbocycles. The Labute approximate surface area is 213 Å². The Morgan fingerprint density at radius 1 is 0.944 bits per heavy atom. The van der Waals surface area contributed by atoms with E-state index in [-0.39, 0.29) is 0 Å². The minimum Gasteiger partial charge on any atom is -0.497 e. The number of ether oxygens (including phenoxy) is 2. The summed E-state index contributed by atoms with van der Waals surface area (Å²) in [7, 11) is 3.55. The number of rotatable bonds is 12. The van der Waals surface area contributed by atoms with Gasteiger partial charge in [-0.15, -0.1) is 0 Å². The van der Waals surface area contributed by atoms with Gasteiger partial charge < -0.3 is 14.6 Å². The molecule has 36 heavy (non-hydrogen) atoms. The molecule has 1 N–H and O–H groups in total. The topological polar surface area (TPSA) is 59.8 Å². The first-order valence-corrected chi connectivity index (χ1v) is 12.4. The summed E-state index contributed by atoms with van der Waals surface area (Å²) in [4.78, 5) is 2.29. The highest BCUT2D eigenvalue weighted by Crippen LogP contribution is 2.35. The molecular formula is C30H35N3O3. The van der Waals surface area contributed by atoms with Crippen LogP contribution in [0.3, 0.4) is 0 Å². The first-order chi connectivity index (χ1) is 17.6. The third-order valence-corrected chi connectivity index (χ3v) is 6.10. The third kappa shape index (κ3) is 6.53. The number of hydrogen-bond donors (Lipinski definition) is 1. The smallest absolute Gasteiger partial charge is 0.222 e. The summed E-state index contributed by atoms with van der Waals surface area (Å²) in [6, 6.07) is 27.9. The van der Waals surface area contributed by atoms with Gasteiger partial charge in [0.1, 0.15) is 17.2 Å². The molecule has 0 aliphatic heterocycles. The lowest BCUT2D eigenvalue weighted by Gasteiger charge is -2.25. The van der Waals surface area contributed by atoms with Crippen molar-refractivity contribution in [1.82, 2.24) is 14.7 Å². The Morgan fingerprint density at radius 2 is 1.64 bits per heavy atom. The van der Waals surface area contributed by atoms with Crippen molar-refractivity contribution in [1.29, 1.82) is 0 Å². The van der Waals surface area contributed by atoms with Crippen molar-refractivity contribution >= 4 is 0 Å². The number of aryl methyl sites for hydroxylation is 1. The van der Waals surface area contributed by atoms with E-state index >= 15 is 0 Å². The fourth-order valence-corrected chi connectivity index (χ4v) is 4.45. The number of methoxy groups -OCH3 is 1. The number of hydrogen-bond acceptors (Lipinski definition) is 5. The molecule has 0 spiro atoms. The lowest BCUT2D eigenvalue weighted by atomic mass is 10.1. The zero-order chi connectivity index (χ0) is 25.3. The Bertz CT molecular complexity index is 1220. The van der Waals surface area contributed by atoms with Crippen molar-refractivity contribution in [2.75, 3.05) is 20.2 Å². The van der Waals surface area contributed by atoms with Crippen molar-refractivity contribution in [3.63, 3.8) is 0 Å². The van der Waals surface area contributed by atoms with Crippen molar-refractivity contribution in [3.05, 3.63) is 96.1 Å². The van der Waals surface area contributed by atoms with Crippen LogP contribution in [0.5, 0.6) is 17.4 Å². The van der Waals surface area contributed by atoms with Crippen molar-refractivity contribution in [2.24, 2.45) is 7.05 Å². The second-order valence-corrected chi connectivity index (χ2v) is 8.98. The summed E-state index contributed by atoms with van der Waals surface area (Å²) in [5.74, 6) is 2.10. The van der Waals surface area contributed by atoms with Gasteiger partial charge in [0, 0.05) is 31.8 Å². The van der Waals surface area contributed by atoms with Gasteiger partial charge >= 0.3 is 0 Å². The molecule has 4 aromatic rings. The molecular weight excluding hydrogens is 450 g/mol. The number of aliphatic hydroxyl groups is 1. The summed E-state index contributed by atoms with van der Waals surface area (Å²) in [6.45, 7) is 4.18. The molecule has 1 heterocycles. The van der Waals surface area contributed by atoms with Crippen LogP contribution in [-0.4, -0.2) is 46.1 Å². The molecule has 0 bridgehead atoms. The molecule has 4 rings (SSSR count). The van der Waals surface area contributed by atoms with Crippen LogP contribution in [0.15, 0.2) is 84.9 Å². The molecule has 0 fully saturated rings. The lowest BCUT2D eigenvalue weighted by molar-refractivity contribution is 0.108. The molecule has 6 heteroatoms. The first-order valence-electron chi connectivity index (χ1n) is 12.4. The van der Waals surface area contributed by atoms with Crippen LogP contribution in [0.1, 0.15) is 24.5 Å². The summed E-state index contributed by atoms with van der Waals surface area (Å²) < 4.78 is 13.6. The zero-order valence-electron chi connectivity index (χ0n) is 21.3. The zero-order valence-corrected chi connectivity index (χ0v) is 21.3. The minimum atomic E-state index is -0.474. The average molecular weight is 486 g/mol. The van der Waals surface area contributed by atoms with E-state index < -0.39 is 6.10 Å². The van der Waals surface area contributed by atoms with E-state index in [0.717, 1.165) is 41.1 Å². The molecule has 1 unspecified atom stereocenters. The third-order valence-electron chi connectivity index (χ3n) is 6.10. The molecule has 1 atom stereocenters. The normalized spacial score (nSPS) is 12.0. The van der Waals surface area contributed by atoms with E-state index in [9.17, 15) is 5.11 Å². The summed E-state index contributed by atoms with van der Waals surface area (Å²) >= 11 is 0. The standard InChI is InChI=1S/C30H35N3O3/c1-4-18-33(21-25(34)19-23-12-7-5-8-13-23)22-28-29(24-14-9-6-10-15-24)31-32(2)30(28)36-27-17-11-16-26(20-27)35-3/h5-17,20,25,34H,4,18-19,21-22H2,1-3H3. The van der Waals surface area contributed by atoms with Crippen LogP contribution in [0.4, 0.5) is 0 Å². The van der Waals surface area contributed by atoms with Crippen molar-refractivity contribution < 1.29 is 14.6 Å². The maximum Gasteiger partial charge on any atom is 0.222 e. The number of nitrogens with zero attached hydrogens (tertiary/aromatic N) is 3. The predicted molar refractivity (Wildman–Crippen MR) is 143 cm³/mol. The average Bonchev–Trinajstić information content (AvgIpc) is 3.20. The quantitative estimate of drug-likeness (QED) is 0.279. The fraction of sp³-hybridized carbons (Fsp3) is 0.300. The maximum atomic E-state index is 10.9. The van der Waals surface area contributed by atoms with Crippen molar-refractivity contribution in [3.8, 4) is 28.6 Å². The van der Waals surface area contributed by atoms with E-state index in [1.165, 1.54) is 0 Å². The molecule has 0 amide bonds. The summed E-state index contributed by atoms with van der Waals surface area (Å²) in [6.07, 6.45) is 1.12. The SMILES string of the molecule is CCCN(Cc1c(-c2ccccc2)nn(C)c1Oc1cccc(OC)c1)CC(O)Cc1ccccc1. The minimum absolute atomic E-state index is 0.474. The predicted octanol–water partition coefficient (Wildman–Crippen LogP) is 5.70. The largest absolute Gasteiger partial charge is 0.497 e. The monoisotopic (exact) mass is 485 g/mol. The van der Waals surface area contributed by atoms with Crippen LogP contribution >= 0.6 is 0 Å². The van der Waals surface area contributed by atoms with E-state index in [1.807, 2.05) is 67.7 Å². The van der Waals surface area contributed by atoms with Gasteiger partial charge in [-0.3, -0.25) is 4.90 Å². The molecule has 0 saturated heterocycles. The van der Waals surface area contributed by atoms with Gasteiger partial charge in [-0.05, 0) is 37.1 Å². The molecule has 1 aromatic heterocycles. The highest BCUT2D eigenvalue weighted by molar-refractivity contribution is 5.65. The Hall–Kier alpha value is -3.61. The molecule has 188 valence electrons. The molecule has 0 aliphatic carbocycles. The molecule has 0 saturated carbocycles. The highest BCUT2D eigenvalue weighted by Gasteiger charge is 2.23. The number of aliphatic hydroxyl groups excluding tert-OH is 1. The van der Waals surface area contributed by atoms with Gasteiger partial charge in [-0.25, -0.2) is 4.68 Å². The summed E-state index contributed by atoms with van der Waals surface area (Å²) in [5.41, 5.74) is 4.04. The molecule has 0 aliphatic rings. The van der Waals surface area contributed by atoms with Crippen LogP contribution < -0.4 is 9.47 Å². The van der Waals surface area contributed by atoms with Crippen LogP contribution in [0, 0.1) is 0 Å². The van der Waals surface area contributed by atoms with Gasteiger partial charge in [0.25, 0.3) is 0 Å². The number of aromatic nitrogens is 2. The fourth-order valence-electron chi connectivity index (χ4n) is 4.45. The van der Waals surface area contributed by atoms with E-state index in [4.69, 9.17) is 14.6 Å². The van der Waals surface area contributed by atoms with Gasteiger partial charge in [-0.1, -0.05) is 73.7 Å². The van der Waals surface area contributed by atoms with Gasteiger partial charge in [-0.2, -0.15) is 5.10 Å². The second kappa shape index (κ2) is 12.4. The van der Waals surface area contributed by atoms with E-state index in [2.05, 4.69) is 36.1 Å². The Morgan fingerprint density at radius 3 is 2.33 bits per heavy atom. The van der Waals surface area contributed by atoms with Crippen molar-refractivity contribution in [2.45, 2.75) is 32.4 Å². The van der Waals surface area contributed by atoms with Gasteiger partial charge in [0.05, 0.1) is 18.8 Å². The number of benzene rings is 3. The van der Waals surface area contributed by atoms with Gasteiger partial charge in [0.15, 0.2) is 0 Å². The molecule has 0 radical (unpaired) electrons. The highest BCUT2D eigenvalue weighted by atomic mass is 16.5. The second-order valence-electron chi connectivity index (χ2n) is 8.98.